The van der Waals surface area contributed by atoms with Gasteiger partial charge in [-0.1, -0.05) is 6.07 Å². The predicted molar refractivity (Wildman–Crippen MR) is 79.9 cm³/mol. The van der Waals surface area contributed by atoms with Crippen molar-refractivity contribution >= 4 is 18.3 Å². The maximum Gasteiger partial charge on any atom is 0.258 e. The summed E-state index contributed by atoms with van der Waals surface area (Å²) in [5, 5.41) is 2.73. The van der Waals surface area contributed by atoms with Crippen LogP contribution in [0.25, 0.3) is 0 Å². The summed E-state index contributed by atoms with van der Waals surface area (Å²) in [7, 11) is 0. The molecule has 0 aliphatic heterocycles. The van der Waals surface area contributed by atoms with E-state index in [-0.39, 0.29) is 24.9 Å². The number of hydrogen-bond donors (Lipinski definition) is 2. The first-order valence-electron chi connectivity index (χ1n) is 6.03. The lowest BCUT2D eigenvalue weighted by Gasteiger charge is -2.18. The van der Waals surface area contributed by atoms with Crippen molar-refractivity contribution in [3.8, 4) is 5.75 Å². The summed E-state index contributed by atoms with van der Waals surface area (Å²) in [6.07, 6.45) is 0. The number of rotatable bonds is 5. The number of carbonyl (C=O) groups is 1. The second-order valence-corrected chi connectivity index (χ2v) is 5.30. The number of aryl methyl sites for hydroxylation is 2. The molecule has 0 spiro atoms. The van der Waals surface area contributed by atoms with E-state index in [4.69, 9.17) is 10.5 Å². The SMILES string of the molecule is Cc1ccc(OCC(=O)NCC(C)(C)N)cc1C.Cl. The molecule has 0 fully saturated rings. The lowest BCUT2D eigenvalue weighted by atomic mass is 10.1. The molecule has 19 heavy (non-hydrogen) atoms. The molecule has 0 saturated carbocycles. The highest BCUT2D eigenvalue weighted by molar-refractivity contribution is 5.85. The summed E-state index contributed by atoms with van der Waals surface area (Å²) in [6.45, 7) is 8.21. The molecule has 1 aromatic rings. The molecule has 0 aromatic heterocycles. The van der Waals surface area contributed by atoms with Gasteiger partial charge in [0.15, 0.2) is 6.61 Å². The van der Waals surface area contributed by atoms with E-state index in [1.807, 2.05) is 45.9 Å². The molecule has 4 nitrogen and oxygen atoms in total. The van der Waals surface area contributed by atoms with Crippen LogP contribution in [0.15, 0.2) is 18.2 Å². The van der Waals surface area contributed by atoms with Gasteiger partial charge < -0.3 is 15.8 Å². The van der Waals surface area contributed by atoms with Gasteiger partial charge in [-0.3, -0.25) is 4.79 Å². The quantitative estimate of drug-likeness (QED) is 0.870. The summed E-state index contributed by atoms with van der Waals surface area (Å²) in [5.74, 6) is 0.548. The van der Waals surface area contributed by atoms with Gasteiger partial charge >= 0.3 is 0 Å². The molecule has 0 unspecified atom stereocenters. The van der Waals surface area contributed by atoms with Crippen LogP contribution in [0.3, 0.4) is 0 Å². The maximum atomic E-state index is 11.5. The second kappa shape index (κ2) is 7.36. The average Bonchev–Trinajstić information content (AvgIpc) is 2.27. The highest BCUT2D eigenvalue weighted by Gasteiger charge is 2.12. The van der Waals surface area contributed by atoms with Crippen LogP contribution < -0.4 is 15.8 Å². The fourth-order valence-electron chi connectivity index (χ4n) is 1.33. The van der Waals surface area contributed by atoms with Crippen molar-refractivity contribution in [3.05, 3.63) is 29.3 Å². The normalized spacial score (nSPS) is 10.6. The van der Waals surface area contributed by atoms with E-state index >= 15 is 0 Å². The zero-order valence-corrected chi connectivity index (χ0v) is 12.8. The minimum absolute atomic E-state index is 0. The number of halogens is 1. The van der Waals surface area contributed by atoms with E-state index in [9.17, 15) is 4.79 Å². The Labute approximate surface area is 121 Å². The van der Waals surface area contributed by atoms with Crippen molar-refractivity contribution in [2.45, 2.75) is 33.2 Å². The molecule has 5 heteroatoms. The predicted octanol–water partition coefficient (Wildman–Crippen LogP) is 1.96. The summed E-state index contributed by atoms with van der Waals surface area (Å²) < 4.78 is 5.42. The van der Waals surface area contributed by atoms with Gasteiger partial charge in [0.2, 0.25) is 0 Å². The molecule has 3 N–H and O–H groups in total. The Morgan fingerprint density at radius 1 is 1.32 bits per heavy atom. The number of nitrogens with two attached hydrogens (primary N) is 1. The largest absolute Gasteiger partial charge is 0.484 e. The number of nitrogens with one attached hydrogen (secondary N) is 1. The Kier molecular flexibility index (Phi) is 6.87. The van der Waals surface area contributed by atoms with Crippen molar-refractivity contribution in [2.24, 2.45) is 5.73 Å². The van der Waals surface area contributed by atoms with Crippen molar-refractivity contribution in [1.29, 1.82) is 0 Å². The average molecular weight is 287 g/mol. The molecule has 1 amide bonds. The van der Waals surface area contributed by atoms with Crippen molar-refractivity contribution in [3.63, 3.8) is 0 Å². The Morgan fingerprint density at radius 2 is 1.95 bits per heavy atom. The standard InChI is InChI=1S/C14H22N2O2.ClH/c1-10-5-6-12(7-11(10)2)18-8-13(17)16-9-14(3,4)15;/h5-7H,8-9,15H2,1-4H3,(H,16,17);1H. The zero-order valence-electron chi connectivity index (χ0n) is 11.9. The molecule has 0 saturated heterocycles. The first kappa shape index (κ1) is 17.7. The summed E-state index contributed by atoms with van der Waals surface area (Å²) in [4.78, 5) is 11.5. The number of ether oxygens (including phenoxy) is 1. The minimum atomic E-state index is -0.407. The Balaban J connectivity index is 0.00000324. The van der Waals surface area contributed by atoms with Gasteiger partial charge in [0.25, 0.3) is 5.91 Å². The third kappa shape index (κ3) is 7.03. The van der Waals surface area contributed by atoms with E-state index in [1.165, 1.54) is 5.56 Å². The molecule has 0 heterocycles. The van der Waals surface area contributed by atoms with Crippen molar-refractivity contribution in [1.82, 2.24) is 5.32 Å². The lowest BCUT2D eigenvalue weighted by molar-refractivity contribution is -0.123. The van der Waals surface area contributed by atoms with Crippen molar-refractivity contribution < 1.29 is 9.53 Å². The van der Waals surface area contributed by atoms with Crippen LogP contribution in [0.2, 0.25) is 0 Å². The second-order valence-electron chi connectivity index (χ2n) is 5.30. The van der Waals surface area contributed by atoms with E-state index in [0.717, 1.165) is 5.56 Å². The number of benzene rings is 1. The maximum absolute atomic E-state index is 11.5. The van der Waals surface area contributed by atoms with Crippen LogP contribution >= 0.6 is 12.4 Å². The van der Waals surface area contributed by atoms with Crippen LogP contribution in [0, 0.1) is 13.8 Å². The molecular weight excluding hydrogens is 264 g/mol. The minimum Gasteiger partial charge on any atom is -0.484 e. The molecule has 108 valence electrons. The van der Waals surface area contributed by atoms with Gasteiger partial charge in [-0.15, -0.1) is 12.4 Å². The monoisotopic (exact) mass is 286 g/mol. The molecule has 0 radical (unpaired) electrons. The molecular formula is C14H23ClN2O2. The van der Waals surface area contributed by atoms with E-state index in [1.54, 1.807) is 0 Å². The molecule has 0 bridgehead atoms. The molecule has 0 aliphatic carbocycles. The fourth-order valence-corrected chi connectivity index (χ4v) is 1.33. The number of carbonyl (C=O) groups excluding carboxylic acids is 1. The third-order valence-electron chi connectivity index (χ3n) is 2.59. The van der Waals surface area contributed by atoms with Crippen LogP contribution in [0.1, 0.15) is 25.0 Å². The van der Waals surface area contributed by atoms with E-state index in [2.05, 4.69) is 5.32 Å². The van der Waals surface area contributed by atoms with Crippen LogP contribution in [-0.2, 0) is 4.79 Å². The summed E-state index contributed by atoms with van der Waals surface area (Å²) in [5.41, 5.74) is 7.72. The Bertz CT molecular complexity index is 428. The number of amides is 1. The van der Waals surface area contributed by atoms with Crippen LogP contribution in [0.4, 0.5) is 0 Å². The Hall–Kier alpha value is -1.26. The van der Waals surface area contributed by atoms with Crippen molar-refractivity contribution in [2.75, 3.05) is 13.2 Å². The van der Waals surface area contributed by atoms with Gasteiger partial charge in [-0.05, 0) is 51.0 Å². The van der Waals surface area contributed by atoms with Gasteiger partial charge in [0, 0.05) is 12.1 Å². The molecule has 1 aromatic carbocycles. The number of hydrogen-bond acceptors (Lipinski definition) is 3. The molecule has 1 rings (SSSR count). The highest BCUT2D eigenvalue weighted by atomic mass is 35.5. The first-order chi connectivity index (χ1) is 8.28. The van der Waals surface area contributed by atoms with Gasteiger partial charge in [-0.2, -0.15) is 0 Å². The van der Waals surface area contributed by atoms with Crippen LogP contribution in [0.5, 0.6) is 5.75 Å². The summed E-state index contributed by atoms with van der Waals surface area (Å²) >= 11 is 0. The third-order valence-corrected chi connectivity index (χ3v) is 2.59. The van der Waals surface area contributed by atoms with Gasteiger partial charge in [0.1, 0.15) is 5.75 Å². The fraction of sp³-hybridized carbons (Fsp3) is 0.500. The molecule has 0 atom stereocenters. The van der Waals surface area contributed by atoms with E-state index in [0.29, 0.717) is 12.3 Å². The topological polar surface area (TPSA) is 64.3 Å². The van der Waals surface area contributed by atoms with Gasteiger partial charge in [-0.25, -0.2) is 0 Å². The Morgan fingerprint density at radius 3 is 2.47 bits per heavy atom. The summed E-state index contributed by atoms with van der Waals surface area (Å²) in [6, 6.07) is 5.77. The molecule has 0 aliphatic rings. The van der Waals surface area contributed by atoms with E-state index < -0.39 is 5.54 Å². The van der Waals surface area contributed by atoms with Crippen LogP contribution in [-0.4, -0.2) is 24.6 Å². The lowest BCUT2D eigenvalue weighted by Crippen LogP contribution is -2.46. The van der Waals surface area contributed by atoms with Gasteiger partial charge in [0.05, 0.1) is 0 Å². The highest BCUT2D eigenvalue weighted by Crippen LogP contribution is 2.16. The smallest absolute Gasteiger partial charge is 0.258 e. The first-order valence-corrected chi connectivity index (χ1v) is 6.03. The zero-order chi connectivity index (χ0) is 13.8.